The second-order valence-corrected chi connectivity index (χ2v) is 26.3. The van der Waals surface area contributed by atoms with Gasteiger partial charge in [0.05, 0.1) is 44.6 Å². The lowest BCUT2D eigenvalue weighted by Gasteiger charge is -2.28. The number of nitrogens with zero attached hydrogens (tertiary/aromatic N) is 2. The largest absolute Gasteiger partial charge is 0.391 e. The molecule has 0 spiro atoms. The van der Waals surface area contributed by atoms with E-state index in [-0.39, 0.29) is 79.0 Å². The first-order valence-electron chi connectivity index (χ1n) is 24.9. The molecular formula is C49H74N4O12S2. The molecule has 10 atom stereocenters. The van der Waals surface area contributed by atoms with E-state index in [2.05, 4.69) is 15.5 Å². The molecule has 8 rings (SSSR count). The van der Waals surface area contributed by atoms with Crippen LogP contribution in [0.5, 0.6) is 0 Å². The fraction of sp³-hybridized carbons (Fsp3) is 0.796. The van der Waals surface area contributed by atoms with E-state index in [1.807, 2.05) is 32.1 Å². The van der Waals surface area contributed by atoms with Crippen LogP contribution in [0.2, 0.25) is 0 Å². The second-order valence-electron chi connectivity index (χ2n) is 21.9. The van der Waals surface area contributed by atoms with Crippen molar-refractivity contribution in [3.05, 3.63) is 24.3 Å². The van der Waals surface area contributed by atoms with Gasteiger partial charge in [0.1, 0.15) is 0 Å². The van der Waals surface area contributed by atoms with Crippen molar-refractivity contribution >= 4 is 55.2 Å². The van der Waals surface area contributed by atoms with Crippen LogP contribution in [0, 0.1) is 34.5 Å². The molecule has 2 saturated heterocycles. The predicted molar refractivity (Wildman–Crippen MR) is 250 cm³/mol. The zero-order valence-electron chi connectivity index (χ0n) is 40.1. The van der Waals surface area contributed by atoms with Crippen molar-refractivity contribution in [3.63, 3.8) is 0 Å². The van der Waals surface area contributed by atoms with E-state index in [9.17, 15) is 50.7 Å². The van der Waals surface area contributed by atoms with Crippen molar-refractivity contribution in [2.24, 2.45) is 34.5 Å². The van der Waals surface area contributed by atoms with Crippen LogP contribution >= 0.6 is 0 Å². The number of Topliss-reactive ketones (excluding diaryl/α,β-unsaturated/α-hetero) is 2. The molecule has 4 heterocycles. The number of nitrogens with one attached hydrogen (secondary N) is 2. The molecule has 0 bridgehead atoms. The maximum absolute atomic E-state index is 13.6. The zero-order valence-corrected chi connectivity index (χ0v) is 41.8. The lowest BCUT2D eigenvalue weighted by molar-refractivity contribution is -0.142. The highest BCUT2D eigenvalue weighted by Crippen LogP contribution is 2.59. The Bertz CT molecular complexity index is 2240. The Hall–Kier alpha value is -3.48. The van der Waals surface area contributed by atoms with Crippen LogP contribution in [0.3, 0.4) is 0 Å². The molecule has 6 fully saturated rings. The standard InChI is InChI=1S/C25H38N2O6S.C24H36N2O6S/c1-17-9-7-5-4-6-8-10-18-14-25(18,23(30)26-34(31,32)24(2)11-12-24)15-21(28)20-13-19(33-3)16-27(20)22(17)29;1-16-8-6-4-3-5-7-9-17-13-24(17,22(30)25-33(31,32)23(2)10-11-23)14-20(28)19-12-18(27)15-26(19)21(16)29/h8,10,17-20H,4-7,9,11-16H2,1-3H3,(H,26,30);7,9,16-19,27H,3-6,8,10-15H2,1-2H3,(H,25,30)/b10-8-;9-7-/t17-,18+,19+,20-,25+;16-,17+,18+,19-,24+/m00/s1. The number of hydrogen-bond donors (Lipinski definition) is 3. The van der Waals surface area contributed by atoms with Gasteiger partial charge in [-0.15, -0.1) is 0 Å². The molecular weight excluding hydrogens is 901 g/mol. The number of carbonyl (C=O) groups excluding carboxylic acids is 6. The minimum atomic E-state index is -3.81. The summed E-state index contributed by atoms with van der Waals surface area (Å²) in [6.45, 7) is 7.52. The summed E-state index contributed by atoms with van der Waals surface area (Å²) >= 11 is 0. The van der Waals surface area contributed by atoms with Gasteiger partial charge in [0.2, 0.25) is 43.7 Å². The minimum absolute atomic E-state index is 0.0408. The molecule has 18 heteroatoms. The molecule has 4 aliphatic carbocycles. The molecule has 8 aliphatic rings. The number of carbonyl (C=O) groups is 6. The van der Waals surface area contributed by atoms with Gasteiger partial charge < -0.3 is 19.6 Å². The molecule has 3 N–H and O–H groups in total. The van der Waals surface area contributed by atoms with Gasteiger partial charge in [-0.3, -0.25) is 38.2 Å². The number of ether oxygens (including phenoxy) is 1. The van der Waals surface area contributed by atoms with Crippen molar-refractivity contribution in [3.8, 4) is 0 Å². The molecule has 0 aromatic carbocycles. The fourth-order valence-electron chi connectivity index (χ4n) is 10.7. The molecule has 4 aliphatic heterocycles. The summed E-state index contributed by atoms with van der Waals surface area (Å²) in [5, 5.41) is 10.2. The SMILES string of the molecule is CO[C@@H]1C[C@H]2C(=O)C[C@]3(C(=O)NS(=O)(=O)C4(C)CC4)C[C@H]3/C=C\CCCCC[C@H](C)C(=O)N2C1.C[C@H]1CCCCC/C=C\[C@@H]2C[C@@]2(C(=O)NS(=O)(=O)C2(C)CC2)CC(=O)[C@@H]2C[C@@H](O)CN2C1=O. The number of rotatable bonds is 7. The lowest BCUT2D eigenvalue weighted by atomic mass is 9.91. The fourth-order valence-corrected chi connectivity index (χ4v) is 13.4. The average molecular weight is 975 g/mol. The third-order valence-electron chi connectivity index (χ3n) is 16.6. The van der Waals surface area contributed by atoms with Gasteiger partial charge in [-0.25, -0.2) is 16.8 Å². The molecule has 16 nitrogen and oxygen atoms in total. The van der Waals surface area contributed by atoms with Gasteiger partial charge >= 0.3 is 0 Å². The molecule has 0 aromatic rings. The highest BCUT2D eigenvalue weighted by Gasteiger charge is 2.64. The third kappa shape index (κ3) is 11.0. The van der Waals surface area contributed by atoms with Crippen molar-refractivity contribution in [2.45, 2.75) is 190 Å². The third-order valence-corrected chi connectivity index (χ3v) is 20.9. The molecule has 67 heavy (non-hydrogen) atoms. The summed E-state index contributed by atoms with van der Waals surface area (Å²) in [6.07, 6.45) is 19.4. The van der Waals surface area contributed by atoms with Crippen molar-refractivity contribution in [1.82, 2.24) is 19.2 Å². The summed E-state index contributed by atoms with van der Waals surface area (Å²) in [5.74, 6) is -2.63. The van der Waals surface area contributed by atoms with E-state index >= 15 is 0 Å². The number of hydrogen-bond acceptors (Lipinski definition) is 12. The predicted octanol–water partition coefficient (Wildman–Crippen LogP) is 4.79. The number of aliphatic hydroxyl groups is 1. The van der Waals surface area contributed by atoms with E-state index in [1.165, 1.54) is 4.90 Å². The van der Waals surface area contributed by atoms with E-state index in [0.29, 0.717) is 51.5 Å². The Balaban J connectivity index is 0.000000199. The van der Waals surface area contributed by atoms with Gasteiger partial charge in [-0.2, -0.15) is 0 Å². The molecule has 0 aromatic heterocycles. The van der Waals surface area contributed by atoms with Crippen LogP contribution < -0.4 is 9.44 Å². The highest BCUT2D eigenvalue weighted by atomic mass is 32.2. The second kappa shape index (κ2) is 19.7. The zero-order chi connectivity index (χ0) is 48.7. The number of ketones is 2. The number of sulfonamides is 2. The van der Waals surface area contributed by atoms with Crippen LogP contribution in [0.4, 0.5) is 0 Å². The van der Waals surface area contributed by atoms with Gasteiger partial charge in [0, 0.05) is 57.7 Å². The summed E-state index contributed by atoms with van der Waals surface area (Å²) in [6, 6.07) is -1.41. The number of aliphatic hydroxyl groups excluding tert-OH is 1. The summed E-state index contributed by atoms with van der Waals surface area (Å²) in [4.78, 5) is 83.0. The van der Waals surface area contributed by atoms with Crippen LogP contribution in [-0.2, 0) is 53.6 Å². The van der Waals surface area contributed by atoms with Gasteiger partial charge in [0.25, 0.3) is 0 Å². The summed E-state index contributed by atoms with van der Waals surface area (Å²) in [7, 11) is -6.03. The Labute approximate surface area is 397 Å². The molecule has 0 radical (unpaired) electrons. The maximum atomic E-state index is 13.6. The molecule has 0 unspecified atom stereocenters. The van der Waals surface area contributed by atoms with Crippen LogP contribution in [0.15, 0.2) is 24.3 Å². The van der Waals surface area contributed by atoms with Crippen molar-refractivity contribution in [1.29, 1.82) is 0 Å². The van der Waals surface area contributed by atoms with E-state index in [0.717, 1.165) is 64.2 Å². The van der Waals surface area contributed by atoms with Crippen LogP contribution in [0.1, 0.15) is 156 Å². The normalized spacial score (nSPS) is 37.5. The number of allylic oxidation sites excluding steroid dienone is 4. The van der Waals surface area contributed by atoms with E-state index in [4.69, 9.17) is 4.74 Å². The van der Waals surface area contributed by atoms with Gasteiger partial charge in [0.15, 0.2) is 11.6 Å². The van der Waals surface area contributed by atoms with E-state index in [1.54, 1.807) is 25.9 Å². The Morgan fingerprint density at radius 2 is 1.07 bits per heavy atom. The Morgan fingerprint density at radius 3 is 1.49 bits per heavy atom. The number of methoxy groups -OCH3 is 1. The topological polar surface area (TPSA) is 231 Å². The first-order valence-corrected chi connectivity index (χ1v) is 27.8. The maximum Gasteiger partial charge on any atom is 0.240 e. The van der Waals surface area contributed by atoms with Crippen molar-refractivity contribution in [2.75, 3.05) is 20.2 Å². The highest BCUT2D eigenvalue weighted by molar-refractivity contribution is 7.92. The molecule has 374 valence electrons. The average Bonchev–Trinajstić information content (AvgIpc) is 4.23. The molecule has 4 saturated carbocycles. The summed E-state index contributed by atoms with van der Waals surface area (Å²) < 4.78 is 59.1. The quantitative estimate of drug-likeness (QED) is 0.293. The number of fused-ring (bicyclic) bond motifs is 4. The van der Waals surface area contributed by atoms with Crippen molar-refractivity contribution < 1.29 is 55.4 Å². The first-order chi connectivity index (χ1) is 31.5. The lowest BCUT2D eigenvalue weighted by Crippen LogP contribution is -2.46. The van der Waals surface area contributed by atoms with Crippen LogP contribution in [0.25, 0.3) is 0 Å². The Morgan fingerprint density at radius 1 is 0.657 bits per heavy atom. The minimum Gasteiger partial charge on any atom is -0.391 e. The first kappa shape index (κ1) is 51.4. The molecule has 4 amide bonds. The smallest absolute Gasteiger partial charge is 0.240 e. The van der Waals surface area contributed by atoms with E-state index < -0.39 is 70.4 Å². The monoisotopic (exact) mass is 974 g/mol. The summed E-state index contributed by atoms with van der Waals surface area (Å²) in [5.41, 5.74) is -2.18. The van der Waals surface area contributed by atoms with Crippen LogP contribution in [-0.4, -0.2) is 121 Å². The van der Waals surface area contributed by atoms with Gasteiger partial charge in [-0.05, 0) is 103 Å². The van der Waals surface area contributed by atoms with Gasteiger partial charge in [-0.1, -0.05) is 63.8 Å². The Kier molecular flexibility index (Phi) is 15.1. The number of amides is 4.